The third-order valence-electron chi connectivity index (χ3n) is 4.11. The van der Waals surface area contributed by atoms with Crippen molar-refractivity contribution in [3.63, 3.8) is 0 Å². The van der Waals surface area contributed by atoms with Crippen LogP contribution >= 0.6 is 0 Å². The van der Waals surface area contributed by atoms with Gasteiger partial charge in [-0.2, -0.15) is 0 Å². The van der Waals surface area contributed by atoms with Gasteiger partial charge >= 0.3 is 6.03 Å². The van der Waals surface area contributed by atoms with Crippen LogP contribution in [0, 0.1) is 6.92 Å². The Balaban J connectivity index is 2.57. The highest BCUT2D eigenvalue weighted by Crippen LogP contribution is 2.09. The largest absolute Gasteiger partial charge is 0.334 e. The fourth-order valence-electron chi connectivity index (χ4n) is 2.30. The van der Waals surface area contributed by atoms with E-state index in [1.807, 2.05) is 19.1 Å². The second-order valence-electron chi connectivity index (χ2n) is 6.83. The van der Waals surface area contributed by atoms with Gasteiger partial charge in [0.2, 0.25) is 11.8 Å². The van der Waals surface area contributed by atoms with E-state index >= 15 is 0 Å². The zero-order chi connectivity index (χ0) is 22.1. The fourth-order valence-corrected chi connectivity index (χ4v) is 2.30. The van der Waals surface area contributed by atoms with Crippen molar-refractivity contribution in [3.05, 3.63) is 53.6 Å². The quantitative estimate of drug-likeness (QED) is 0.481. The summed E-state index contributed by atoms with van der Waals surface area (Å²) in [5.41, 5.74) is 2.63. The molecule has 5 amide bonds. The van der Waals surface area contributed by atoms with E-state index in [1.54, 1.807) is 25.1 Å². The number of hydrogen-bond acceptors (Lipinski definition) is 4. The lowest BCUT2D eigenvalue weighted by molar-refractivity contribution is -0.138. The fraction of sp³-hybridized carbons (Fsp3) is 0.333. The summed E-state index contributed by atoms with van der Waals surface area (Å²) >= 11 is 0. The summed E-state index contributed by atoms with van der Waals surface area (Å²) in [6.45, 7) is 10.4. The number of nitrogens with zero attached hydrogens (tertiary/aromatic N) is 1. The molecule has 0 heterocycles. The molecule has 0 aromatic heterocycles. The molecule has 0 radical (unpaired) electrons. The van der Waals surface area contributed by atoms with Gasteiger partial charge in [-0.15, -0.1) is 0 Å². The molecule has 156 valence electrons. The summed E-state index contributed by atoms with van der Waals surface area (Å²) in [5, 5.41) is 7.55. The molecule has 1 aromatic rings. The van der Waals surface area contributed by atoms with Gasteiger partial charge in [-0.05, 0) is 39.0 Å². The van der Waals surface area contributed by atoms with Crippen LogP contribution in [-0.2, 0) is 14.4 Å². The minimum Gasteiger partial charge on any atom is -0.334 e. The normalized spacial score (nSPS) is 11.8. The lowest BCUT2D eigenvalue weighted by Crippen LogP contribution is -2.47. The molecule has 29 heavy (non-hydrogen) atoms. The smallest absolute Gasteiger partial charge is 0.319 e. The standard InChI is InChI=1S/C21H28N4O4/c1-13-7-9-18(10-8-13)24-21(29)22-12-14(2)11-15(3)20(28)25(6)16(4)19(27)23-17(5)26/h7-11,16H,3,12H2,1-2,4-6H3,(H2,22,24,29)(H,23,26,27)/b14-11+/t16-/m1/s1. The Hall–Kier alpha value is -3.42. The molecule has 0 aliphatic carbocycles. The number of benzene rings is 1. The maximum absolute atomic E-state index is 12.4. The Kier molecular flexibility index (Phi) is 8.79. The minimum atomic E-state index is -0.838. The van der Waals surface area contributed by atoms with Gasteiger partial charge in [-0.3, -0.25) is 19.7 Å². The number of carbonyl (C=O) groups excluding carboxylic acids is 4. The summed E-state index contributed by atoms with van der Waals surface area (Å²) in [5.74, 6) is -1.52. The second-order valence-corrected chi connectivity index (χ2v) is 6.83. The molecule has 8 nitrogen and oxygen atoms in total. The number of imide groups is 1. The number of nitrogens with one attached hydrogen (secondary N) is 3. The highest BCUT2D eigenvalue weighted by Gasteiger charge is 2.24. The van der Waals surface area contributed by atoms with E-state index in [1.165, 1.54) is 25.8 Å². The molecule has 0 saturated heterocycles. The molecule has 1 rings (SSSR count). The van der Waals surface area contributed by atoms with Crippen molar-refractivity contribution >= 4 is 29.4 Å². The van der Waals surface area contributed by atoms with Crippen LogP contribution in [0.4, 0.5) is 10.5 Å². The monoisotopic (exact) mass is 400 g/mol. The van der Waals surface area contributed by atoms with Crippen molar-refractivity contribution in [2.75, 3.05) is 18.9 Å². The Morgan fingerprint density at radius 1 is 1.14 bits per heavy atom. The second kappa shape index (κ2) is 10.8. The molecule has 1 aromatic carbocycles. The van der Waals surface area contributed by atoms with Crippen LogP contribution in [0.5, 0.6) is 0 Å². The van der Waals surface area contributed by atoms with Gasteiger partial charge < -0.3 is 15.5 Å². The maximum Gasteiger partial charge on any atom is 0.319 e. The number of hydrogen-bond donors (Lipinski definition) is 3. The molecule has 0 spiro atoms. The lowest BCUT2D eigenvalue weighted by atomic mass is 10.1. The van der Waals surface area contributed by atoms with E-state index in [-0.39, 0.29) is 18.1 Å². The number of urea groups is 1. The third kappa shape index (κ3) is 8.00. The number of aryl methyl sites for hydroxylation is 1. The zero-order valence-corrected chi connectivity index (χ0v) is 17.5. The molecule has 0 fully saturated rings. The van der Waals surface area contributed by atoms with Crippen LogP contribution in [-0.4, -0.2) is 48.3 Å². The molecule has 0 bridgehead atoms. The lowest BCUT2D eigenvalue weighted by Gasteiger charge is -2.24. The van der Waals surface area contributed by atoms with Crippen LogP contribution in [0.3, 0.4) is 0 Å². The van der Waals surface area contributed by atoms with Crippen molar-refractivity contribution in [3.8, 4) is 0 Å². The Bertz CT molecular complexity index is 828. The Morgan fingerprint density at radius 2 is 1.72 bits per heavy atom. The van der Waals surface area contributed by atoms with Gasteiger partial charge in [-0.1, -0.05) is 29.8 Å². The van der Waals surface area contributed by atoms with Gasteiger partial charge in [0.05, 0.1) is 0 Å². The number of anilines is 1. The van der Waals surface area contributed by atoms with Crippen LogP contribution in [0.1, 0.15) is 26.3 Å². The van der Waals surface area contributed by atoms with E-state index in [9.17, 15) is 19.2 Å². The molecule has 0 aliphatic rings. The van der Waals surface area contributed by atoms with Crippen molar-refractivity contribution < 1.29 is 19.2 Å². The number of amides is 5. The van der Waals surface area contributed by atoms with Crippen LogP contribution in [0.2, 0.25) is 0 Å². The molecular formula is C21H28N4O4. The highest BCUT2D eigenvalue weighted by molar-refractivity contribution is 6.01. The molecular weight excluding hydrogens is 372 g/mol. The van der Waals surface area contributed by atoms with Crippen molar-refractivity contribution in [1.82, 2.24) is 15.5 Å². The van der Waals surface area contributed by atoms with Gasteiger partial charge in [0.1, 0.15) is 6.04 Å². The van der Waals surface area contributed by atoms with E-state index in [2.05, 4.69) is 22.5 Å². The maximum atomic E-state index is 12.4. The molecule has 8 heteroatoms. The van der Waals surface area contributed by atoms with E-state index in [0.717, 1.165) is 5.56 Å². The first kappa shape index (κ1) is 23.6. The topological polar surface area (TPSA) is 108 Å². The van der Waals surface area contributed by atoms with Gasteiger partial charge in [-0.25, -0.2) is 4.79 Å². The first-order chi connectivity index (χ1) is 13.5. The summed E-state index contributed by atoms with van der Waals surface area (Å²) in [6, 6.07) is 6.18. The zero-order valence-electron chi connectivity index (χ0n) is 17.5. The summed E-state index contributed by atoms with van der Waals surface area (Å²) in [6.07, 6.45) is 1.54. The number of carbonyl (C=O) groups is 4. The molecule has 1 atom stereocenters. The first-order valence-electron chi connectivity index (χ1n) is 9.07. The first-order valence-corrected chi connectivity index (χ1v) is 9.07. The van der Waals surface area contributed by atoms with Crippen molar-refractivity contribution in [1.29, 1.82) is 0 Å². The predicted octanol–water partition coefficient (Wildman–Crippen LogP) is 2.13. The van der Waals surface area contributed by atoms with Crippen molar-refractivity contribution in [2.45, 2.75) is 33.7 Å². The van der Waals surface area contributed by atoms with E-state index < -0.39 is 23.8 Å². The predicted molar refractivity (Wildman–Crippen MR) is 112 cm³/mol. The molecule has 0 unspecified atom stereocenters. The number of likely N-dealkylation sites (N-methyl/N-ethyl adjacent to an activating group) is 1. The van der Waals surface area contributed by atoms with Gasteiger partial charge in [0.25, 0.3) is 5.91 Å². The third-order valence-corrected chi connectivity index (χ3v) is 4.11. The van der Waals surface area contributed by atoms with Gasteiger partial charge in [0, 0.05) is 31.8 Å². The van der Waals surface area contributed by atoms with E-state index in [0.29, 0.717) is 11.3 Å². The van der Waals surface area contributed by atoms with E-state index in [4.69, 9.17) is 0 Å². The SMILES string of the molecule is C=C(/C=C(\C)CNC(=O)Nc1ccc(C)cc1)C(=O)N(C)[C@H](C)C(=O)NC(C)=O. The molecule has 3 N–H and O–H groups in total. The van der Waals surface area contributed by atoms with Crippen LogP contribution < -0.4 is 16.0 Å². The van der Waals surface area contributed by atoms with Crippen LogP contribution in [0.15, 0.2) is 48.1 Å². The molecule has 0 aliphatic heterocycles. The average Bonchev–Trinajstić information content (AvgIpc) is 2.65. The summed E-state index contributed by atoms with van der Waals surface area (Å²) in [7, 11) is 1.45. The number of rotatable bonds is 7. The highest BCUT2D eigenvalue weighted by atomic mass is 16.2. The Labute approximate surface area is 171 Å². The molecule has 0 saturated carbocycles. The van der Waals surface area contributed by atoms with Gasteiger partial charge in [0.15, 0.2) is 0 Å². The van der Waals surface area contributed by atoms with Crippen LogP contribution in [0.25, 0.3) is 0 Å². The summed E-state index contributed by atoms with van der Waals surface area (Å²) in [4.78, 5) is 48.4. The Morgan fingerprint density at radius 3 is 2.28 bits per heavy atom. The minimum absolute atomic E-state index is 0.160. The van der Waals surface area contributed by atoms with Crippen molar-refractivity contribution in [2.24, 2.45) is 0 Å². The summed E-state index contributed by atoms with van der Waals surface area (Å²) < 4.78 is 0. The average molecular weight is 400 g/mol.